The van der Waals surface area contributed by atoms with Gasteiger partial charge in [-0.1, -0.05) is 31.5 Å². The summed E-state index contributed by atoms with van der Waals surface area (Å²) in [5.41, 5.74) is 2.74. The number of hydrogen-bond donors (Lipinski definition) is 1. The fraction of sp³-hybridized carbons (Fsp3) is 0.708. The van der Waals surface area contributed by atoms with Crippen LogP contribution in [0.3, 0.4) is 0 Å². The Hall–Kier alpha value is -1.55. The lowest BCUT2D eigenvalue weighted by atomic mass is 9.84. The van der Waals surface area contributed by atoms with Crippen molar-refractivity contribution in [3.8, 4) is 0 Å². The molecule has 3 fully saturated rings. The summed E-state index contributed by atoms with van der Waals surface area (Å²) < 4.78 is 0. The van der Waals surface area contributed by atoms with Gasteiger partial charge >= 0.3 is 0 Å². The quantitative estimate of drug-likeness (QED) is 0.811. The fourth-order valence-electron chi connectivity index (χ4n) is 5.21. The van der Waals surface area contributed by atoms with Gasteiger partial charge in [0, 0.05) is 50.4 Å². The Morgan fingerprint density at radius 2 is 1.79 bits per heavy atom. The molecule has 1 N–H and O–H groups in total. The third kappa shape index (κ3) is 4.71. The molecule has 4 rings (SSSR count). The van der Waals surface area contributed by atoms with Crippen LogP contribution in [-0.2, 0) is 4.79 Å². The van der Waals surface area contributed by atoms with E-state index in [1.54, 1.807) is 0 Å². The molecular formula is C24H37N3O. The van der Waals surface area contributed by atoms with E-state index in [9.17, 15) is 4.79 Å². The summed E-state index contributed by atoms with van der Waals surface area (Å²) >= 11 is 0. The monoisotopic (exact) mass is 383 g/mol. The first-order valence-electron chi connectivity index (χ1n) is 11.5. The average Bonchev–Trinajstić information content (AvgIpc) is 3.49. The van der Waals surface area contributed by atoms with Crippen molar-refractivity contribution < 1.29 is 4.79 Å². The predicted molar refractivity (Wildman–Crippen MR) is 116 cm³/mol. The van der Waals surface area contributed by atoms with Gasteiger partial charge in [0.05, 0.1) is 0 Å². The Balaban J connectivity index is 1.17. The van der Waals surface area contributed by atoms with Crippen LogP contribution in [0.1, 0.15) is 51.0 Å². The van der Waals surface area contributed by atoms with Crippen LogP contribution in [0, 0.1) is 24.7 Å². The second-order valence-electron chi connectivity index (χ2n) is 9.31. The third-order valence-corrected chi connectivity index (χ3v) is 7.35. The van der Waals surface area contributed by atoms with Gasteiger partial charge in [-0.3, -0.25) is 9.69 Å². The molecule has 1 heterocycles. The molecule has 1 saturated heterocycles. The zero-order valence-electron chi connectivity index (χ0n) is 17.7. The molecule has 0 spiro atoms. The van der Waals surface area contributed by atoms with Crippen LogP contribution in [0.5, 0.6) is 0 Å². The van der Waals surface area contributed by atoms with Crippen molar-refractivity contribution in [3.63, 3.8) is 0 Å². The first-order chi connectivity index (χ1) is 13.6. The van der Waals surface area contributed by atoms with Crippen molar-refractivity contribution in [3.05, 3.63) is 29.8 Å². The number of anilines is 1. The number of rotatable bonds is 6. The van der Waals surface area contributed by atoms with Crippen molar-refractivity contribution in [2.75, 3.05) is 37.6 Å². The molecule has 2 saturated carbocycles. The van der Waals surface area contributed by atoms with Gasteiger partial charge in [-0.25, -0.2) is 0 Å². The molecule has 1 aliphatic heterocycles. The Bertz CT molecular complexity index is 660. The molecule has 0 bridgehead atoms. The molecule has 4 heteroatoms. The summed E-state index contributed by atoms with van der Waals surface area (Å²) in [5.74, 6) is 2.08. The van der Waals surface area contributed by atoms with Crippen molar-refractivity contribution in [1.29, 1.82) is 0 Å². The maximum absolute atomic E-state index is 12.6. The molecule has 3 aliphatic rings. The molecule has 1 aromatic rings. The lowest BCUT2D eigenvalue weighted by Gasteiger charge is -2.37. The number of benzene rings is 1. The largest absolute Gasteiger partial charge is 0.369 e. The Morgan fingerprint density at radius 3 is 2.46 bits per heavy atom. The smallest absolute Gasteiger partial charge is 0.223 e. The van der Waals surface area contributed by atoms with Crippen LogP contribution in [-0.4, -0.2) is 49.6 Å². The van der Waals surface area contributed by atoms with Crippen molar-refractivity contribution in [1.82, 2.24) is 10.2 Å². The summed E-state index contributed by atoms with van der Waals surface area (Å²) in [6, 6.07) is 9.12. The molecule has 154 valence electrons. The van der Waals surface area contributed by atoms with E-state index in [1.165, 1.54) is 43.4 Å². The lowest BCUT2D eigenvalue weighted by Crippen LogP contribution is -2.47. The fourth-order valence-corrected chi connectivity index (χ4v) is 5.21. The Morgan fingerprint density at radius 1 is 1.07 bits per heavy atom. The highest BCUT2D eigenvalue weighted by molar-refractivity contribution is 5.81. The standard InChI is InChI=1S/C24H37N3O/c1-3-19-8-10-21(11-9-19)25-24(28)22-16-20(22)17-26-12-14-27(15-13-26)23-7-5-4-6-18(23)2/h4-7,19-22H,3,8-17H2,1-2H3,(H,25,28)/t19?,20-,21?,22+/m1/s1. The second-order valence-corrected chi connectivity index (χ2v) is 9.31. The number of nitrogens with one attached hydrogen (secondary N) is 1. The van der Waals surface area contributed by atoms with Crippen LogP contribution in [0.15, 0.2) is 24.3 Å². The van der Waals surface area contributed by atoms with E-state index in [1.807, 2.05) is 0 Å². The molecule has 4 nitrogen and oxygen atoms in total. The number of carbonyl (C=O) groups is 1. The molecule has 1 aromatic carbocycles. The van der Waals surface area contributed by atoms with E-state index in [0.29, 0.717) is 17.9 Å². The van der Waals surface area contributed by atoms with Crippen molar-refractivity contribution in [2.24, 2.45) is 17.8 Å². The van der Waals surface area contributed by atoms with Crippen molar-refractivity contribution >= 4 is 11.6 Å². The number of hydrogen-bond acceptors (Lipinski definition) is 3. The highest BCUT2D eigenvalue weighted by Crippen LogP contribution is 2.40. The summed E-state index contributed by atoms with van der Waals surface area (Å²) in [5, 5.41) is 3.36. The Kier molecular flexibility index (Phi) is 6.25. The molecule has 0 unspecified atom stereocenters. The van der Waals surface area contributed by atoms with Gasteiger partial charge in [-0.15, -0.1) is 0 Å². The van der Waals surface area contributed by atoms with Gasteiger partial charge in [-0.05, 0) is 62.5 Å². The number of piperazine rings is 1. The third-order valence-electron chi connectivity index (χ3n) is 7.35. The van der Waals surface area contributed by atoms with E-state index in [-0.39, 0.29) is 5.92 Å². The van der Waals surface area contributed by atoms with E-state index >= 15 is 0 Å². The second kappa shape index (κ2) is 8.86. The number of carbonyl (C=O) groups excluding carboxylic acids is 1. The normalized spacial score (nSPS) is 30.9. The van der Waals surface area contributed by atoms with Crippen molar-refractivity contribution in [2.45, 2.75) is 58.4 Å². The number of aryl methyl sites for hydroxylation is 1. The average molecular weight is 384 g/mol. The van der Waals surface area contributed by atoms with Crippen LogP contribution >= 0.6 is 0 Å². The molecule has 2 atom stereocenters. The minimum Gasteiger partial charge on any atom is -0.369 e. The van der Waals surface area contributed by atoms with Crippen LogP contribution in [0.2, 0.25) is 0 Å². The first kappa shape index (κ1) is 19.8. The Labute approximate surface area is 170 Å². The minimum absolute atomic E-state index is 0.276. The van der Waals surface area contributed by atoms with E-state index in [2.05, 4.69) is 53.2 Å². The highest BCUT2D eigenvalue weighted by Gasteiger charge is 2.44. The molecule has 28 heavy (non-hydrogen) atoms. The summed E-state index contributed by atoms with van der Waals surface area (Å²) in [4.78, 5) is 17.7. The highest BCUT2D eigenvalue weighted by atomic mass is 16.2. The SMILES string of the molecule is CCC1CCC(NC(=O)[C@H]2C[C@@H]2CN2CCN(c3ccccc3C)CC2)CC1. The summed E-state index contributed by atoms with van der Waals surface area (Å²) in [6.07, 6.45) is 7.34. The number of nitrogens with zero attached hydrogens (tertiary/aromatic N) is 2. The summed E-state index contributed by atoms with van der Waals surface area (Å²) in [6.45, 7) is 10.00. The zero-order valence-corrected chi connectivity index (χ0v) is 17.7. The van der Waals surface area contributed by atoms with E-state index in [4.69, 9.17) is 0 Å². The van der Waals surface area contributed by atoms with Crippen LogP contribution in [0.25, 0.3) is 0 Å². The number of amides is 1. The molecule has 2 aliphatic carbocycles. The van der Waals surface area contributed by atoms with Crippen LogP contribution in [0.4, 0.5) is 5.69 Å². The van der Waals surface area contributed by atoms with Gasteiger partial charge < -0.3 is 10.2 Å². The maximum Gasteiger partial charge on any atom is 0.223 e. The van der Waals surface area contributed by atoms with Crippen LogP contribution < -0.4 is 10.2 Å². The van der Waals surface area contributed by atoms with Gasteiger partial charge in [0.2, 0.25) is 5.91 Å². The van der Waals surface area contributed by atoms with E-state index < -0.39 is 0 Å². The topological polar surface area (TPSA) is 35.6 Å². The van der Waals surface area contributed by atoms with Gasteiger partial charge in [0.1, 0.15) is 0 Å². The maximum atomic E-state index is 12.6. The van der Waals surface area contributed by atoms with Gasteiger partial charge in [0.15, 0.2) is 0 Å². The van der Waals surface area contributed by atoms with E-state index in [0.717, 1.165) is 45.1 Å². The predicted octanol–water partition coefficient (Wildman–Crippen LogP) is 3.84. The summed E-state index contributed by atoms with van der Waals surface area (Å²) in [7, 11) is 0. The zero-order chi connectivity index (χ0) is 19.5. The first-order valence-corrected chi connectivity index (χ1v) is 11.5. The molecule has 0 radical (unpaired) electrons. The van der Waals surface area contributed by atoms with Gasteiger partial charge in [-0.2, -0.15) is 0 Å². The van der Waals surface area contributed by atoms with Gasteiger partial charge in [0.25, 0.3) is 0 Å². The minimum atomic E-state index is 0.276. The molecule has 1 amide bonds. The molecule has 0 aromatic heterocycles. The number of para-hydroxylation sites is 1. The molecular weight excluding hydrogens is 346 g/mol. The lowest BCUT2D eigenvalue weighted by molar-refractivity contribution is -0.123.